The Kier molecular flexibility index (Phi) is 37.2. The van der Waals surface area contributed by atoms with E-state index in [0.717, 1.165) is 0 Å². The molecule has 0 N–H and O–H groups in total. The van der Waals surface area contributed by atoms with E-state index >= 15 is 0 Å². The number of rotatable bonds is 2. The van der Waals surface area contributed by atoms with Gasteiger partial charge in [0.2, 0.25) is 0 Å². The van der Waals surface area contributed by atoms with E-state index in [1.54, 1.807) is 6.92 Å². The summed E-state index contributed by atoms with van der Waals surface area (Å²) in [6.07, 6.45) is 1.28. The molecule has 0 aromatic rings. The van der Waals surface area contributed by atoms with Crippen molar-refractivity contribution in [2.75, 3.05) is 0 Å². The molecule has 0 aliphatic carbocycles. The van der Waals surface area contributed by atoms with Crippen molar-refractivity contribution < 1.29 is 9.59 Å². The molecule has 0 fully saturated rings. The van der Waals surface area contributed by atoms with Crippen molar-refractivity contribution in [1.29, 1.82) is 0 Å². The fraction of sp³-hybridized carbons (Fsp3) is 0.500. The Morgan fingerprint density at radius 1 is 1.00 bits per heavy atom. The first-order valence-corrected chi connectivity index (χ1v) is 3.21. The summed E-state index contributed by atoms with van der Waals surface area (Å²) in [6, 6.07) is 0. The lowest BCUT2D eigenvalue weighted by Gasteiger charge is -1.80. The average molecular weight is 202 g/mol. The highest BCUT2D eigenvalue weighted by molar-refractivity contribution is 5.91. The largest absolute Gasteiger partial charge is 0.295 e. The highest BCUT2D eigenvalue weighted by atomic mass is 16.1. The van der Waals surface area contributed by atoms with Gasteiger partial charge in [0.25, 0.3) is 0 Å². The summed E-state index contributed by atoms with van der Waals surface area (Å²) in [5.41, 5.74) is 0.620. The van der Waals surface area contributed by atoms with Crippen LogP contribution >= 0.6 is 0 Å². The van der Waals surface area contributed by atoms with Crippen LogP contribution in [-0.2, 0) is 9.59 Å². The lowest BCUT2D eigenvalue weighted by molar-refractivity contribution is -0.114. The van der Waals surface area contributed by atoms with Crippen molar-refractivity contribution in [3.63, 3.8) is 0 Å². The summed E-state index contributed by atoms with van der Waals surface area (Å²) in [5, 5.41) is 0. The number of ketones is 2. The number of hydrogen-bond acceptors (Lipinski definition) is 2. The zero-order valence-electron chi connectivity index (χ0n) is 7.31. The van der Waals surface area contributed by atoms with Gasteiger partial charge in [-0.15, -0.1) is 0 Å². The minimum absolute atomic E-state index is 0. The third-order valence-corrected chi connectivity index (χ3v) is 0.888. The standard InChI is InChI=1S/C5H8O.C4H6O.3CH4/c1-4(2)5(3)6;1-3-4(2)5;;;/h1H2,2-3H3;3H,1H2,2H3;3*1H4. The molecule has 86 valence electrons. The van der Waals surface area contributed by atoms with Crippen molar-refractivity contribution in [2.45, 2.75) is 43.1 Å². The molecular formula is C12H26O2. The van der Waals surface area contributed by atoms with Crippen LogP contribution in [0.4, 0.5) is 0 Å². The van der Waals surface area contributed by atoms with Crippen LogP contribution in [0.2, 0.25) is 0 Å². The first-order chi connectivity index (χ1) is 4.91. The summed E-state index contributed by atoms with van der Waals surface area (Å²) in [7, 11) is 0. The molecule has 0 heterocycles. The van der Waals surface area contributed by atoms with Gasteiger partial charge >= 0.3 is 0 Å². The van der Waals surface area contributed by atoms with Gasteiger partial charge in [-0.3, -0.25) is 9.59 Å². The highest BCUT2D eigenvalue weighted by Crippen LogP contribution is 1.84. The molecule has 0 unspecified atom stereocenters. The summed E-state index contributed by atoms with van der Waals surface area (Å²) >= 11 is 0. The van der Waals surface area contributed by atoms with Crippen LogP contribution in [-0.4, -0.2) is 11.6 Å². The summed E-state index contributed by atoms with van der Waals surface area (Å²) in [6.45, 7) is 11.3. The summed E-state index contributed by atoms with van der Waals surface area (Å²) < 4.78 is 0. The van der Waals surface area contributed by atoms with Crippen molar-refractivity contribution >= 4 is 11.6 Å². The maximum atomic E-state index is 10.0. The van der Waals surface area contributed by atoms with Crippen molar-refractivity contribution in [1.82, 2.24) is 0 Å². The van der Waals surface area contributed by atoms with E-state index in [1.807, 2.05) is 0 Å². The second-order valence-electron chi connectivity index (χ2n) is 2.15. The first kappa shape index (κ1) is 29.3. The number of Topliss-reactive ketones (excluding diaryl/α,β-unsaturated/α-hetero) is 1. The third-order valence-electron chi connectivity index (χ3n) is 0.888. The number of hydrogen-bond donors (Lipinski definition) is 0. The zero-order valence-corrected chi connectivity index (χ0v) is 7.31. The topological polar surface area (TPSA) is 34.1 Å². The minimum Gasteiger partial charge on any atom is -0.295 e. The van der Waals surface area contributed by atoms with Gasteiger partial charge in [-0.2, -0.15) is 0 Å². The van der Waals surface area contributed by atoms with Crippen LogP contribution in [0.5, 0.6) is 0 Å². The van der Waals surface area contributed by atoms with E-state index in [1.165, 1.54) is 19.9 Å². The molecule has 0 spiro atoms. The number of carbonyl (C=O) groups excluding carboxylic acids is 2. The predicted octanol–water partition coefficient (Wildman–Crippen LogP) is 3.82. The quantitative estimate of drug-likeness (QED) is 0.638. The fourth-order valence-electron chi connectivity index (χ4n) is 0. The summed E-state index contributed by atoms with van der Waals surface area (Å²) in [4.78, 5) is 19.7. The Balaban J connectivity index is -0.0000000321. The molecule has 0 aromatic carbocycles. The Hall–Kier alpha value is -1.18. The molecule has 0 aliphatic heterocycles. The van der Waals surface area contributed by atoms with Gasteiger partial charge in [-0.1, -0.05) is 35.4 Å². The normalized spacial score (nSPS) is 5.64. The summed E-state index contributed by atoms with van der Waals surface area (Å²) in [5.74, 6) is 0.0833. The second kappa shape index (κ2) is 17.8. The number of allylic oxidation sites excluding steroid dienone is 2. The van der Waals surface area contributed by atoms with Crippen LogP contribution in [0.15, 0.2) is 24.8 Å². The average Bonchev–Trinajstić information content (AvgIpc) is 1.89. The van der Waals surface area contributed by atoms with Crippen LogP contribution in [0.1, 0.15) is 43.1 Å². The van der Waals surface area contributed by atoms with Gasteiger partial charge in [-0.05, 0) is 32.4 Å². The fourth-order valence-corrected chi connectivity index (χ4v) is 0. The Morgan fingerprint density at radius 2 is 1.14 bits per heavy atom. The molecular weight excluding hydrogens is 176 g/mol. The third kappa shape index (κ3) is 44.9. The maximum Gasteiger partial charge on any atom is 0.154 e. The Bertz CT molecular complexity index is 167. The molecule has 0 aromatic heterocycles. The molecule has 0 bridgehead atoms. The van der Waals surface area contributed by atoms with Gasteiger partial charge in [-0.25, -0.2) is 0 Å². The Morgan fingerprint density at radius 3 is 1.14 bits per heavy atom. The molecule has 0 rings (SSSR count). The van der Waals surface area contributed by atoms with Gasteiger partial charge < -0.3 is 0 Å². The van der Waals surface area contributed by atoms with Crippen LogP contribution < -0.4 is 0 Å². The van der Waals surface area contributed by atoms with E-state index < -0.39 is 0 Å². The SMILES string of the molecule is C.C.C.C=C(C)C(C)=O.C=CC(C)=O. The molecule has 0 aliphatic rings. The van der Waals surface area contributed by atoms with Gasteiger partial charge in [0.05, 0.1) is 0 Å². The predicted molar refractivity (Wildman–Crippen MR) is 66.6 cm³/mol. The van der Waals surface area contributed by atoms with Gasteiger partial charge in [0.15, 0.2) is 11.6 Å². The molecule has 14 heavy (non-hydrogen) atoms. The van der Waals surface area contributed by atoms with E-state index in [-0.39, 0.29) is 33.8 Å². The monoisotopic (exact) mass is 202 g/mol. The minimum atomic E-state index is 0. The molecule has 0 amide bonds. The van der Waals surface area contributed by atoms with Crippen molar-refractivity contribution in [2.24, 2.45) is 0 Å². The zero-order chi connectivity index (χ0) is 9.44. The van der Waals surface area contributed by atoms with Crippen molar-refractivity contribution in [3.05, 3.63) is 24.8 Å². The smallest absolute Gasteiger partial charge is 0.154 e. The lowest BCUT2D eigenvalue weighted by Crippen LogP contribution is -1.86. The van der Waals surface area contributed by atoms with E-state index in [4.69, 9.17) is 0 Å². The van der Waals surface area contributed by atoms with Crippen LogP contribution in [0, 0.1) is 0 Å². The van der Waals surface area contributed by atoms with Gasteiger partial charge in [0, 0.05) is 0 Å². The second-order valence-corrected chi connectivity index (χ2v) is 2.15. The lowest BCUT2D eigenvalue weighted by atomic mass is 10.3. The molecule has 0 saturated carbocycles. The molecule has 2 nitrogen and oxygen atoms in total. The number of carbonyl (C=O) groups is 2. The van der Waals surface area contributed by atoms with E-state index in [9.17, 15) is 9.59 Å². The molecule has 0 saturated heterocycles. The molecule has 0 radical (unpaired) electrons. The van der Waals surface area contributed by atoms with Gasteiger partial charge in [0.1, 0.15) is 0 Å². The van der Waals surface area contributed by atoms with Crippen molar-refractivity contribution in [3.8, 4) is 0 Å². The molecule has 2 heteroatoms. The highest BCUT2D eigenvalue weighted by Gasteiger charge is 1.85. The first-order valence-electron chi connectivity index (χ1n) is 3.21. The van der Waals surface area contributed by atoms with E-state index in [0.29, 0.717) is 5.57 Å². The maximum absolute atomic E-state index is 10.0. The van der Waals surface area contributed by atoms with E-state index in [2.05, 4.69) is 13.2 Å². The van der Waals surface area contributed by atoms with Crippen LogP contribution in [0.25, 0.3) is 0 Å². The van der Waals surface area contributed by atoms with Crippen LogP contribution in [0.3, 0.4) is 0 Å². The molecule has 0 atom stereocenters. The Labute approximate surface area is 89.7 Å².